The number of furan rings is 1. The number of rotatable bonds is 3. The summed E-state index contributed by atoms with van der Waals surface area (Å²) in [5.74, 6) is 0.774. The molecule has 0 spiro atoms. The van der Waals surface area contributed by atoms with Crippen molar-refractivity contribution < 1.29 is 4.42 Å². The first-order valence-electron chi connectivity index (χ1n) is 9.81. The second-order valence-electron chi connectivity index (χ2n) is 7.49. The molecule has 3 heterocycles. The van der Waals surface area contributed by atoms with Crippen molar-refractivity contribution in [2.75, 3.05) is 0 Å². The van der Waals surface area contributed by atoms with Crippen molar-refractivity contribution >= 4 is 39.7 Å². The van der Waals surface area contributed by atoms with E-state index in [0.29, 0.717) is 33.1 Å². The summed E-state index contributed by atoms with van der Waals surface area (Å²) in [6.07, 6.45) is 1.68. The molecule has 0 fully saturated rings. The zero-order valence-electron chi connectivity index (χ0n) is 17.3. The van der Waals surface area contributed by atoms with Gasteiger partial charge < -0.3 is 8.98 Å². The Labute approximate surface area is 183 Å². The monoisotopic (exact) mass is 430 g/mol. The Morgan fingerprint density at radius 1 is 1.10 bits per heavy atom. The van der Waals surface area contributed by atoms with E-state index in [2.05, 4.69) is 9.67 Å². The van der Waals surface area contributed by atoms with Crippen LogP contribution in [-0.4, -0.2) is 20.4 Å². The molecule has 0 unspecified atom stereocenters. The van der Waals surface area contributed by atoms with Gasteiger partial charge in [-0.2, -0.15) is 9.78 Å². The van der Waals surface area contributed by atoms with Gasteiger partial charge in [0.25, 0.3) is 5.56 Å². The fraction of sp³-hybridized carbons (Fsp3) is 0.125. The highest BCUT2D eigenvalue weighted by atomic mass is 35.5. The number of fused-ring (bicyclic) bond motifs is 2. The number of aryl methyl sites for hydroxylation is 1. The summed E-state index contributed by atoms with van der Waals surface area (Å²) >= 11 is 6.12. The number of hydrogen-bond acceptors (Lipinski definition) is 4. The molecule has 7 heteroatoms. The Morgan fingerprint density at radius 2 is 1.90 bits per heavy atom. The SMILES string of the molecule is Cc1cc(C=Nn2c(-c3cc4cc(Cl)ccc4o3)nc3ccccc3c2=O)c(C)n1C. The number of nitrogens with zero attached hydrogens (tertiary/aromatic N) is 4. The smallest absolute Gasteiger partial charge is 0.282 e. The van der Waals surface area contributed by atoms with E-state index in [4.69, 9.17) is 21.0 Å². The van der Waals surface area contributed by atoms with Crippen LogP contribution < -0.4 is 5.56 Å². The van der Waals surface area contributed by atoms with Crippen LogP contribution in [0.5, 0.6) is 0 Å². The summed E-state index contributed by atoms with van der Waals surface area (Å²) in [5, 5.41) is 6.45. The molecular formula is C24H19ClN4O2. The Hall–Kier alpha value is -3.64. The highest BCUT2D eigenvalue weighted by Gasteiger charge is 2.17. The molecule has 154 valence electrons. The average Bonchev–Trinajstić information content (AvgIpc) is 3.29. The maximum Gasteiger partial charge on any atom is 0.282 e. The lowest BCUT2D eigenvalue weighted by atomic mass is 10.2. The summed E-state index contributed by atoms with van der Waals surface area (Å²) < 4.78 is 9.36. The van der Waals surface area contributed by atoms with Gasteiger partial charge in [0.05, 0.1) is 17.1 Å². The van der Waals surface area contributed by atoms with Crippen LogP contribution in [0, 0.1) is 13.8 Å². The second-order valence-corrected chi connectivity index (χ2v) is 7.93. The third-order valence-corrected chi connectivity index (χ3v) is 5.81. The predicted molar refractivity (Wildman–Crippen MR) is 124 cm³/mol. The summed E-state index contributed by atoms with van der Waals surface area (Å²) in [7, 11) is 2.00. The van der Waals surface area contributed by atoms with Crippen molar-refractivity contribution in [3.05, 3.63) is 86.9 Å². The van der Waals surface area contributed by atoms with Crippen molar-refractivity contribution in [1.82, 2.24) is 14.2 Å². The predicted octanol–water partition coefficient (Wildman–Crippen LogP) is 5.30. The molecule has 0 N–H and O–H groups in total. The van der Waals surface area contributed by atoms with Gasteiger partial charge in [0, 0.05) is 34.4 Å². The summed E-state index contributed by atoms with van der Waals surface area (Å²) in [5.41, 5.74) is 4.08. The average molecular weight is 431 g/mol. The summed E-state index contributed by atoms with van der Waals surface area (Å²) in [6.45, 7) is 4.04. The van der Waals surface area contributed by atoms with Crippen molar-refractivity contribution in [1.29, 1.82) is 0 Å². The molecule has 2 aromatic carbocycles. The van der Waals surface area contributed by atoms with Gasteiger partial charge in [-0.1, -0.05) is 23.7 Å². The Morgan fingerprint density at radius 3 is 2.68 bits per heavy atom. The maximum atomic E-state index is 13.3. The molecule has 0 amide bonds. The van der Waals surface area contributed by atoms with Crippen LogP contribution in [0.4, 0.5) is 0 Å². The van der Waals surface area contributed by atoms with Crippen molar-refractivity contribution in [3.8, 4) is 11.6 Å². The van der Waals surface area contributed by atoms with Crippen molar-refractivity contribution in [3.63, 3.8) is 0 Å². The van der Waals surface area contributed by atoms with Crippen LogP contribution in [0.15, 0.2) is 68.9 Å². The van der Waals surface area contributed by atoms with Crippen molar-refractivity contribution in [2.24, 2.45) is 12.1 Å². The first-order valence-corrected chi connectivity index (χ1v) is 10.2. The molecule has 0 aliphatic rings. The number of benzene rings is 2. The molecule has 0 aliphatic heterocycles. The van der Waals surface area contributed by atoms with Crippen LogP contribution >= 0.6 is 11.6 Å². The lowest BCUT2D eigenvalue weighted by molar-refractivity contribution is 0.616. The van der Waals surface area contributed by atoms with Gasteiger partial charge in [0.2, 0.25) is 5.82 Å². The van der Waals surface area contributed by atoms with Gasteiger partial charge in [-0.15, -0.1) is 0 Å². The number of hydrogen-bond donors (Lipinski definition) is 0. The zero-order valence-corrected chi connectivity index (χ0v) is 18.0. The lowest BCUT2D eigenvalue weighted by Gasteiger charge is -2.07. The van der Waals surface area contributed by atoms with Gasteiger partial charge in [0.15, 0.2) is 5.76 Å². The fourth-order valence-electron chi connectivity index (χ4n) is 3.65. The molecule has 5 rings (SSSR count). The number of para-hydroxylation sites is 1. The van der Waals surface area contributed by atoms with E-state index in [9.17, 15) is 4.79 Å². The molecule has 5 aromatic rings. The molecule has 0 aliphatic carbocycles. The lowest BCUT2D eigenvalue weighted by Crippen LogP contribution is -2.20. The topological polar surface area (TPSA) is 65.3 Å². The Kier molecular flexibility index (Phi) is 4.52. The first kappa shape index (κ1) is 19.3. The summed E-state index contributed by atoms with van der Waals surface area (Å²) in [6, 6.07) is 16.4. The van der Waals surface area contributed by atoms with Gasteiger partial charge >= 0.3 is 0 Å². The van der Waals surface area contributed by atoms with Gasteiger partial charge in [0.1, 0.15) is 5.58 Å². The van der Waals surface area contributed by atoms with E-state index in [0.717, 1.165) is 22.3 Å². The maximum absolute atomic E-state index is 13.3. The van der Waals surface area contributed by atoms with Crippen molar-refractivity contribution in [2.45, 2.75) is 13.8 Å². The summed E-state index contributed by atoms with van der Waals surface area (Å²) in [4.78, 5) is 18.0. The van der Waals surface area contributed by atoms with E-state index in [1.807, 2.05) is 51.2 Å². The highest BCUT2D eigenvalue weighted by molar-refractivity contribution is 6.31. The van der Waals surface area contributed by atoms with Crippen LogP contribution in [0.1, 0.15) is 17.0 Å². The molecule has 0 bridgehead atoms. The standard InChI is InChI=1S/C24H19ClN4O2/c1-14-10-17(15(2)28(14)3)13-26-29-23(27-20-7-5-4-6-19(20)24(29)30)22-12-16-11-18(25)8-9-21(16)31-22/h4-13H,1-3H3. The molecule has 0 saturated heterocycles. The first-order chi connectivity index (χ1) is 14.9. The van der Waals surface area contributed by atoms with Crippen LogP contribution in [-0.2, 0) is 7.05 Å². The van der Waals surface area contributed by atoms with E-state index >= 15 is 0 Å². The van der Waals surface area contributed by atoms with Crippen LogP contribution in [0.25, 0.3) is 33.5 Å². The molecule has 31 heavy (non-hydrogen) atoms. The third kappa shape index (κ3) is 3.25. The quantitative estimate of drug-likeness (QED) is 0.365. The zero-order chi connectivity index (χ0) is 21.7. The van der Waals surface area contributed by atoms with Crippen LogP contribution in [0.3, 0.4) is 0 Å². The number of halogens is 1. The van der Waals surface area contributed by atoms with Gasteiger partial charge in [-0.05, 0) is 56.3 Å². The molecule has 0 radical (unpaired) electrons. The molecule has 0 saturated carbocycles. The molecule has 3 aromatic heterocycles. The minimum Gasteiger partial charge on any atom is -0.453 e. The number of aromatic nitrogens is 3. The van der Waals surface area contributed by atoms with Gasteiger partial charge in [-0.3, -0.25) is 4.79 Å². The molecule has 0 atom stereocenters. The highest BCUT2D eigenvalue weighted by Crippen LogP contribution is 2.29. The normalized spacial score (nSPS) is 11.9. The minimum atomic E-state index is -0.263. The van der Waals surface area contributed by atoms with Gasteiger partial charge in [-0.25, -0.2) is 4.98 Å². The van der Waals surface area contributed by atoms with E-state index < -0.39 is 0 Å². The Bertz CT molecular complexity index is 1560. The Balaban J connectivity index is 1.75. The van der Waals surface area contributed by atoms with E-state index in [1.54, 1.807) is 30.5 Å². The fourth-order valence-corrected chi connectivity index (χ4v) is 3.83. The van der Waals surface area contributed by atoms with Crippen LogP contribution in [0.2, 0.25) is 5.02 Å². The van der Waals surface area contributed by atoms with E-state index in [1.165, 1.54) is 4.68 Å². The third-order valence-electron chi connectivity index (χ3n) is 5.58. The second kappa shape index (κ2) is 7.25. The molecule has 6 nitrogen and oxygen atoms in total. The van der Waals surface area contributed by atoms with E-state index in [-0.39, 0.29) is 5.56 Å². The minimum absolute atomic E-state index is 0.263. The molecular weight excluding hydrogens is 412 g/mol. The largest absolute Gasteiger partial charge is 0.453 e.